The van der Waals surface area contributed by atoms with Crippen molar-refractivity contribution in [3.8, 4) is 0 Å². The van der Waals surface area contributed by atoms with Crippen LogP contribution in [0.3, 0.4) is 0 Å². The second kappa shape index (κ2) is 6.25. The van der Waals surface area contributed by atoms with Gasteiger partial charge in [0.05, 0.1) is 13.2 Å². The Balaban J connectivity index is 2.29. The number of nitrogens with one attached hydrogen (secondary N) is 1. The van der Waals surface area contributed by atoms with Crippen LogP contribution in [-0.4, -0.2) is 37.8 Å². The van der Waals surface area contributed by atoms with E-state index in [1.165, 1.54) is 0 Å². The Morgan fingerprint density at radius 2 is 2.00 bits per heavy atom. The summed E-state index contributed by atoms with van der Waals surface area (Å²) in [7, 11) is 1.57. The highest BCUT2D eigenvalue weighted by Crippen LogP contribution is 2.23. The maximum absolute atomic E-state index is 11.9. The molecule has 1 saturated heterocycles. The molecule has 1 aliphatic heterocycles. The molecule has 0 aliphatic carbocycles. The predicted octanol–water partition coefficient (Wildman–Crippen LogP) is 1.12. The van der Waals surface area contributed by atoms with Gasteiger partial charge in [0.25, 0.3) is 5.91 Å². The summed E-state index contributed by atoms with van der Waals surface area (Å²) >= 11 is 2.19. The van der Waals surface area contributed by atoms with Crippen LogP contribution in [0.5, 0.6) is 0 Å². The Labute approximate surface area is 124 Å². The average Bonchev–Trinajstić information content (AvgIpc) is 2.66. The topological polar surface area (TPSA) is 67.8 Å². The lowest BCUT2D eigenvalue weighted by Gasteiger charge is -2.08. The molecule has 2 rings (SSSR count). The first-order chi connectivity index (χ1) is 9.13. The van der Waals surface area contributed by atoms with Crippen LogP contribution in [0.25, 0.3) is 0 Å². The van der Waals surface area contributed by atoms with E-state index in [1.54, 1.807) is 7.11 Å². The number of hydrogen-bond donors (Lipinski definition) is 1. The van der Waals surface area contributed by atoms with E-state index >= 15 is 0 Å². The third-order valence-corrected chi connectivity index (χ3v) is 3.51. The number of rotatable bonds is 4. The third-order valence-electron chi connectivity index (χ3n) is 2.79. The number of halogens is 1. The standard InChI is InChI=1S/C13H13IN2O3/c1-19-7-6-15-11-10(12(17)16-13(11)18)8-2-4-9(14)5-3-8/h2-5,10H,6-7H2,1H3,(H,16,17,18). The highest BCUT2D eigenvalue weighted by Gasteiger charge is 2.38. The molecule has 1 aromatic carbocycles. The third kappa shape index (κ3) is 3.19. The number of ether oxygens (including phenoxy) is 1. The summed E-state index contributed by atoms with van der Waals surface area (Å²) in [5.74, 6) is -1.34. The zero-order chi connectivity index (χ0) is 13.8. The van der Waals surface area contributed by atoms with Crippen molar-refractivity contribution in [2.24, 2.45) is 4.99 Å². The first kappa shape index (κ1) is 14.1. The average molecular weight is 372 g/mol. The number of benzene rings is 1. The monoisotopic (exact) mass is 372 g/mol. The minimum absolute atomic E-state index is 0.267. The van der Waals surface area contributed by atoms with Gasteiger partial charge in [-0.2, -0.15) is 0 Å². The number of amides is 2. The first-order valence-corrected chi connectivity index (χ1v) is 6.85. The van der Waals surface area contributed by atoms with E-state index in [0.29, 0.717) is 13.2 Å². The van der Waals surface area contributed by atoms with E-state index in [4.69, 9.17) is 4.74 Å². The van der Waals surface area contributed by atoms with Gasteiger partial charge in [0.15, 0.2) is 0 Å². The fourth-order valence-corrected chi connectivity index (χ4v) is 2.25. The van der Waals surface area contributed by atoms with E-state index in [0.717, 1.165) is 9.13 Å². The molecular formula is C13H13IN2O3. The van der Waals surface area contributed by atoms with Gasteiger partial charge in [-0.1, -0.05) is 12.1 Å². The van der Waals surface area contributed by atoms with Crippen molar-refractivity contribution in [3.05, 3.63) is 33.4 Å². The second-order valence-electron chi connectivity index (χ2n) is 4.06. The molecule has 0 saturated carbocycles. The molecule has 19 heavy (non-hydrogen) atoms. The number of hydrogen-bond acceptors (Lipinski definition) is 4. The van der Waals surface area contributed by atoms with Crippen molar-refractivity contribution < 1.29 is 14.3 Å². The minimum atomic E-state index is -0.610. The van der Waals surface area contributed by atoms with E-state index < -0.39 is 11.8 Å². The van der Waals surface area contributed by atoms with Gasteiger partial charge in [0.1, 0.15) is 11.6 Å². The summed E-state index contributed by atoms with van der Waals surface area (Å²) in [4.78, 5) is 27.8. The molecule has 1 fully saturated rings. The number of carbonyl (C=O) groups excluding carboxylic acids is 2. The number of carbonyl (C=O) groups is 2. The zero-order valence-electron chi connectivity index (χ0n) is 10.4. The molecule has 1 aliphatic rings. The summed E-state index contributed by atoms with van der Waals surface area (Å²) < 4.78 is 5.97. The van der Waals surface area contributed by atoms with Crippen molar-refractivity contribution in [1.29, 1.82) is 0 Å². The van der Waals surface area contributed by atoms with Gasteiger partial charge >= 0.3 is 0 Å². The summed E-state index contributed by atoms with van der Waals surface area (Å²) in [6.07, 6.45) is 0. The number of methoxy groups -OCH3 is 1. The molecule has 1 atom stereocenters. The number of imide groups is 1. The van der Waals surface area contributed by atoms with Crippen LogP contribution in [0.1, 0.15) is 11.5 Å². The van der Waals surface area contributed by atoms with E-state index in [-0.39, 0.29) is 11.6 Å². The zero-order valence-corrected chi connectivity index (χ0v) is 12.5. The molecule has 100 valence electrons. The molecule has 6 heteroatoms. The van der Waals surface area contributed by atoms with Crippen LogP contribution in [-0.2, 0) is 14.3 Å². The van der Waals surface area contributed by atoms with Crippen LogP contribution in [0.4, 0.5) is 0 Å². The molecule has 0 aromatic heterocycles. The van der Waals surface area contributed by atoms with Gasteiger partial charge < -0.3 is 4.74 Å². The van der Waals surface area contributed by atoms with E-state index in [2.05, 4.69) is 32.9 Å². The SMILES string of the molecule is COCCN=C1C(=O)NC(=O)C1c1ccc(I)cc1. The molecule has 0 bridgehead atoms. The highest BCUT2D eigenvalue weighted by molar-refractivity contribution is 14.1. The molecule has 2 amide bonds. The van der Waals surface area contributed by atoms with Gasteiger partial charge in [-0.3, -0.25) is 19.9 Å². The van der Waals surface area contributed by atoms with Gasteiger partial charge in [-0.25, -0.2) is 0 Å². The Bertz CT molecular complexity index is 525. The van der Waals surface area contributed by atoms with Crippen LogP contribution in [0, 0.1) is 3.57 Å². The van der Waals surface area contributed by atoms with Crippen molar-refractivity contribution in [2.45, 2.75) is 5.92 Å². The van der Waals surface area contributed by atoms with Crippen LogP contribution >= 0.6 is 22.6 Å². The maximum atomic E-state index is 11.9. The number of aliphatic imine (C=N–C) groups is 1. The van der Waals surface area contributed by atoms with Gasteiger partial charge in [0.2, 0.25) is 5.91 Å². The Kier molecular flexibility index (Phi) is 4.65. The smallest absolute Gasteiger partial charge is 0.272 e. The normalized spacial score (nSPS) is 20.9. The highest BCUT2D eigenvalue weighted by atomic mass is 127. The van der Waals surface area contributed by atoms with Crippen LogP contribution in [0.2, 0.25) is 0 Å². The lowest BCUT2D eigenvalue weighted by Crippen LogP contribution is -2.22. The Morgan fingerprint density at radius 3 is 2.63 bits per heavy atom. The molecule has 5 nitrogen and oxygen atoms in total. The second-order valence-corrected chi connectivity index (χ2v) is 5.31. The number of nitrogens with zero attached hydrogens (tertiary/aromatic N) is 1. The summed E-state index contributed by atoms with van der Waals surface area (Å²) in [5.41, 5.74) is 1.04. The molecule has 0 spiro atoms. The fourth-order valence-electron chi connectivity index (χ4n) is 1.89. The van der Waals surface area contributed by atoms with Gasteiger partial charge in [0, 0.05) is 10.7 Å². The lowest BCUT2D eigenvalue weighted by molar-refractivity contribution is -0.124. The van der Waals surface area contributed by atoms with Crippen LogP contribution in [0.15, 0.2) is 29.3 Å². The minimum Gasteiger partial charge on any atom is -0.383 e. The summed E-state index contributed by atoms with van der Waals surface area (Å²) in [6.45, 7) is 0.789. The quantitative estimate of drug-likeness (QED) is 0.489. The molecular weight excluding hydrogens is 359 g/mol. The first-order valence-electron chi connectivity index (χ1n) is 5.77. The van der Waals surface area contributed by atoms with Crippen molar-refractivity contribution in [3.63, 3.8) is 0 Å². The van der Waals surface area contributed by atoms with Crippen LogP contribution < -0.4 is 5.32 Å². The summed E-state index contributed by atoms with van der Waals surface area (Å²) in [5, 5.41) is 2.31. The van der Waals surface area contributed by atoms with E-state index in [9.17, 15) is 9.59 Å². The van der Waals surface area contributed by atoms with Crippen molar-refractivity contribution >= 4 is 40.1 Å². The molecule has 1 heterocycles. The fraction of sp³-hybridized carbons (Fsp3) is 0.308. The molecule has 1 unspecified atom stereocenters. The Morgan fingerprint density at radius 1 is 1.32 bits per heavy atom. The maximum Gasteiger partial charge on any atom is 0.272 e. The van der Waals surface area contributed by atoms with Crippen molar-refractivity contribution in [1.82, 2.24) is 5.32 Å². The van der Waals surface area contributed by atoms with Crippen molar-refractivity contribution in [2.75, 3.05) is 20.3 Å². The summed E-state index contributed by atoms with van der Waals surface area (Å²) in [6, 6.07) is 7.49. The largest absolute Gasteiger partial charge is 0.383 e. The van der Waals surface area contributed by atoms with Gasteiger partial charge in [-0.15, -0.1) is 0 Å². The molecule has 1 aromatic rings. The molecule has 1 N–H and O–H groups in total. The van der Waals surface area contributed by atoms with Gasteiger partial charge in [-0.05, 0) is 40.3 Å². The van der Waals surface area contributed by atoms with E-state index in [1.807, 2.05) is 24.3 Å². The Hall–Kier alpha value is -1.28. The molecule has 0 radical (unpaired) electrons. The predicted molar refractivity (Wildman–Crippen MR) is 79.2 cm³/mol. The lowest BCUT2D eigenvalue weighted by atomic mass is 9.96.